The summed E-state index contributed by atoms with van der Waals surface area (Å²) >= 11 is 0. The van der Waals surface area contributed by atoms with Crippen LogP contribution in [0.2, 0.25) is 0 Å². The fourth-order valence-electron chi connectivity index (χ4n) is 11.5. The lowest BCUT2D eigenvalue weighted by atomic mass is 9.45. The van der Waals surface area contributed by atoms with Crippen LogP contribution in [0.15, 0.2) is 42.5 Å². The van der Waals surface area contributed by atoms with E-state index in [9.17, 15) is 19.8 Å². The van der Waals surface area contributed by atoms with Crippen LogP contribution in [0, 0.1) is 57.7 Å². The number of carboxylic acids is 2. The minimum atomic E-state index is -0.877. The summed E-state index contributed by atoms with van der Waals surface area (Å²) in [5, 5.41) is 22.1. The third kappa shape index (κ3) is 5.83. The van der Waals surface area contributed by atoms with Gasteiger partial charge in [-0.1, -0.05) is 71.4 Å². The molecule has 0 radical (unpaired) electrons. The van der Waals surface area contributed by atoms with Gasteiger partial charge < -0.3 is 15.5 Å². The van der Waals surface area contributed by atoms with Gasteiger partial charge in [0.1, 0.15) is 0 Å². The molecule has 1 aromatic carbocycles. The molecule has 0 bridgehead atoms. The lowest BCUT2D eigenvalue weighted by Crippen LogP contribution is -2.51. The highest BCUT2D eigenvalue weighted by atomic mass is 16.4. The maximum Gasteiger partial charge on any atom is 0.335 e. The zero-order valence-electron chi connectivity index (χ0n) is 28.1. The Morgan fingerprint density at radius 2 is 1.64 bits per heavy atom. The number of carboxylic acid groups (broad SMARTS) is 2. The van der Waals surface area contributed by atoms with Crippen molar-refractivity contribution in [1.82, 2.24) is 5.32 Å². The van der Waals surface area contributed by atoms with Crippen molar-refractivity contribution in [1.29, 1.82) is 0 Å². The predicted octanol–water partition coefficient (Wildman–Crippen LogP) is 8.96. The zero-order chi connectivity index (χ0) is 32.0. The van der Waals surface area contributed by atoms with Gasteiger partial charge in [0.2, 0.25) is 0 Å². The summed E-state index contributed by atoms with van der Waals surface area (Å²) in [4.78, 5) is 22.8. The number of benzene rings is 1. The average Bonchev–Trinajstić information content (AvgIpc) is 3.33. The van der Waals surface area contributed by atoms with Gasteiger partial charge >= 0.3 is 11.9 Å². The number of allylic oxidation sites excluding steroid dienone is 3. The number of carbonyl (C=O) groups is 2. The van der Waals surface area contributed by atoms with Crippen molar-refractivity contribution in [2.24, 2.45) is 57.7 Å². The number of hydrogen-bond acceptors (Lipinski definition) is 3. The van der Waals surface area contributed by atoms with Gasteiger partial charge in [0.05, 0.1) is 12.1 Å². The van der Waals surface area contributed by atoms with Crippen LogP contribution in [0.3, 0.4) is 0 Å². The van der Waals surface area contributed by atoms with E-state index in [0.29, 0.717) is 47.0 Å². The third-order valence-corrected chi connectivity index (χ3v) is 13.6. The van der Waals surface area contributed by atoms with Gasteiger partial charge in [0.25, 0.3) is 0 Å². The van der Waals surface area contributed by atoms with E-state index in [1.807, 2.05) is 12.1 Å². The van der Waals surface area contributed by atoms with Gasteiger partial charge in [-0.2, -0.15) is 0 Å². The number of hydrogen-bond donors (Lipinski definition) is 3. The van der Waals surface area contributed by atoms with Crippen molar-refractivity contribution < 1.29 is 19.8 Å². The topological polar surface area (TPSA) is 86.6 Å². The molecule has 9 unspecified atom stereocenters. The lowest BCUT2D eigenvalue weighted by molar-refractivity contribution is -0.136. The minimum Gasteiger partial charge on any atom is -0.480 e. The van der Waals surface area contributed by atoms with Gasteiger partial charge in [-0.25, -0.2) is 4.79 Å². The van der Waals surface area contributed by atoms with E-state index in [4.69, 9.17) is 0 Å². The zero-order valence-corrected chi connectivity index (χ0v) is 28.1. The normalized spacial score (nSPS) is 37.9. The summed E-state index contributed by atoms with van der Waals surface area (Å²) in [6.45, 7) is 20.0. The van der Waals surface area contributed by atoms with Gasteiger partial charge in [-0.05, 0) is 139 Å². The predicted molar refractivity (Wildman–Crippen MR) is 178 cm³/mol. The second kappa shape index (κ2) is 12.4. The Labute approximate surface area is 266 Å². The van der Waals surface area contributed by atoms with Gasteiger partial charge in [-0.15, -0.1) is 0 Å². The number of aromatic carboxylic acids is 1. The third-order valence-electron chi connectivity index (χ3n) is 13.6. The molecule has 9 atom stereocenters. The van der Waals surface area contributed by atoms with E-state index in [0.717, 1.165) is 18.5 Å². The SMILES string of the molecule is C=C(C)C1CCC2(CNCC(=O)O)CCC(C)C(CCC3C(C)CCC4C(C)(C)C(c5ccc(C(=O)O)cc5)=CCC34C)C12. The van der Waals surface area contributed by atoms with Gasteiger partial charge in [0.15, 0.2) is 0 Å². The van der Waals surface area contributed by atoms with Crippen molar-refractivity contribution in [2.75, 3.05) is 13.1 Å². The maximum absolute atomic E-state index is 11.5. The Hall–Kier alpha value is -2.40. The molecule has 0 aromatic heterocycles. The summed E-state index contributed by atoms with van der Waals surface area (Å²) < 4.78 is 0. The van der Waals surface area contributed by atoms with E-state index < -0.39 is 11.9 Å². The first kappa shape index (κ1) is 33.0. The molecule has 3 saturated carbocycles. The summed E-state index contributed by atoms with van der Waals surface area (Å²) in [5.74, 6) is 2.72. The molecule has 1 aromatic rings. The molecule has 0 saturated heterocycles. The molecule has 0 aliphatic heterocycles. The van der Waals surface area contributed by atoms with Crippen LogP contribution in [0.5, 0.6) is 0 Å². The van der Waals surface area contributed by atoms with Crippen LogP contribution in [-0.2, 0) is 4.79 Å². The molecule has 5 heteroatoms. The molecule has 4 aliphatic carbocycles. The van der Waals surface area contributed by atoms with Crippen LogP contribution in [0.4, 0.5) is 0 Å². The molecule has 5 rings (SSSR count). The number of aliphatic carboxylic acids is 1. The first-order valence-electron chi connectivity index (χ1n) is 17.3. The minimum absolute atomic E-state index is 0.00965. The van der Waals surface area contributed by atoms with Gasteiger partial charge in [0, 0.05) is 6.54 Å². The van der Waals surface area contributed by atoms with Crippen molar-refractivity contribution in [3.05, 3.63) is 53.6 Å². The highest BCUT2D eigenvalue weighted by Gasteiger charge is 2.57. The molecular formula is C39H57NO4. The molecule has 4 aliphatic rings. The highest BCUT2D eigenvalue weighted by Crippen LogP contribution is 2.65. The first-order valence-corrected chi connectivity index (χ1v) is 17.3. The van der Waals surface area contributed by atoms with Crippen LogP contribution in [-0.4, -0.2) is 35.2 Å². The van der Waals surface area contributed by atoms with Crippen LogP contribution < -0.4 is 5.32 Å². The molecule has 0 heterocycles. The van der Waals surface area contributed by atoms with E-state index in [1.165, 1.54) is 62.5 Å². The number of nitrogens with one attached hydrogen (secondary N) is 1. The summed E-state index contributed by atoms with van der Waals surface area (Å²) in [5.41, 5.74) is 4.61. The quantitative estimate of drug-likeness (QED) is 0.232. The van der Waals surface area contributed by atoms with E-state index in [1.54, 1.807) is 12.1 Å². The number of fused-ring (bicyclic) bond motifs is 2. The Balaban J connectivity index is 1.39. The molecule has 0 spiro atoms. The van der Waals surface area contributed by atoms with Crippen molar-refractivity contribution in [2.45, 2.75) is 99.3 Å². The maximum atomic E-state index is 11.5. The fourth-order valence-corrected chi connectivity index (χ4v) is 11.5. The van der Waals surface area contributed by atoms with Crippen LogP contribution in [0.25, 0.3) is 5.57 Å². The van der Waals surface area contributed by atoms with Crippen LogP contribution >= 0.6 is 0 Å². The van der Waals surface area contributed by atoms with E-state index >= 15 is 0 Å². The average molecular weight is 604 g/mol. The van der Waals surface area contributed by atoms with Crippen molar-refractivity contribution in [3.63, 3.8) is 0 Å². The molecule has 5 nitrogen and oxygen atoms in total. The van der Waals surface area contributed by atoms with Crippen LogP contribution in [0.1, 0.15) is 115 Å². The Bertz CT molecular complexity index is 1280. The number of rotatable bonds is 10. The van der Waals surface area contributed by atoms with Crippen molar-refractivity contribution >= 4 is 17.5 Å². The van der Waals surface area contributed by atoms with E-state index in [2.05, 4.69) is 59.5 Å². The summed E-state index contributed by atoms with van der Waals surface area (Å²) in [6.07, 6.45) is 13.4. The summed E-state index contributed by atoms with van der Waals surface area (Å²) in [7, 11) is 0. The molecule has 3 N–H and O–H groups in total. The lowest BCUT2D eigenvalue weighted by Gasteiger charge is -2.59. The van der Waals surface area contributed by atoms with E-state index in [-0.39, 0.29) is 22.8 Å². The molecule has 242 valence electrons. The molecule has 0 amide bonds. The molecule has 44 heavy (non-hydrogen) atoms. The fraction of sp³-hybridized carbons (Fsp3) is 0.692. The second-order valence-electron chi connectivity index (χ2n) is 16.3. The Morgan fingerprint density at radius 1 is 0.955 bits per heavy atom. The second-order valence-corrected chi connectivity index (χ2v) is 16.3. The van der Waals surface area contributed by atoms with Crippen molar-refractivity contribution in [3.8, 4) is 0 Å². The van der Waals surface area contributed by atoms with Gasteiger partial charge in [-0.3, -0.25) is 4.79 Å². The monoisotopic (exact) mass is 603 g/mol. The highest BCUT2D eigenvalue weighted by molar-refractivity contribution is 5.88. The Morgan fingerprint density at radius 3 is 2.27 bits per heavy atom. The molecule has 3 fully saturated rings. The largest absolute Gasteiger partial charge is 0.480 e. The standard InChI is InChI=1S/C39H57NO4/c1-24(2)29-17-21-39(23-40-22-34(41)42)20-16-25(3)30(35(29)39)13-14-31-26(4)8-15-33-37(5,6)32(18-19-38(31,33)7)27-9-11-28(12-10-27)36(43)44/h9-12,18,25-26,29-31,33,35,40H,1,8,13-17,19-23H2,2-7H3,(H,41,42)(H,43,44). The molecular weight excluding hydrogens is 546 g/mol. The first-order chi connectivity index (χ1) is 20.7. The smallest absolute Gasteiger partial charge is 0.335 e. The Kier molecular flexibility index (Phi) is 9.31. The summed E-state index contributed by atoms with van der Waals surface area (Å²) in [6, 6.07) is 7.50.